The number of nitrogens with one attached hydrogen (secondary N) is 1. The lowest BCUT2D eigenvalue weighted by atomic mass is 9.76. The van der Waals surface area contributed by atoms with E-state index in [0.717, 1.165) is 12.0 Å². The van der Waals surface area contributed by atoms with Crippen LogP contribution in [0.25, 0.3) is 0 Å². The van der Waals surface area contributed by atoms with Crippen molar-refractivity contribution in [3.05, 3.63) is 65.2 Å². The Labute approximate surface area is 173 Å². The second kappa shape index (κ2) is 7.67. The van der Waals surface area contributed by atoms with E-state index in [1.807, 2.05) is 6.07 Å². The topological polar surface area (TPSA) is 102 Å². The summed E-state index contributed by atoms with van der Waals surface area (Å²) < 4.78 is 10.6. The zero-order chi connectivity index (χ0) is 21.4. The van der Waals surface area contributed by atoms with Crippen LogP contribution in [0.15, 0.2) is 48.6 Å². The number of rotatable bonds is 4. The number of carbonyl (C=O) groups excluding carboxylic acids is 2. The van der Waals surface area contributed by atoms with Crippen LogP contribution in [-0.2, 0) is 9.59 Å². The van der Waals surface area contributed by atoms with Gasteiger partial charge in [0.15, 0.2) is 0 Å². The maximum absolute atomic E-state index is 11.8. The van der Waals surface area contributed by atoms with Gasteiger partial charge in [-0.05, 0) is 36.1 Å². The monoisotopic (exact) mass is 407 g/mol. The van der Waals surface area contributed by atoms with E-state index in [2.05, 4.69) is 17.5 Å². The molecule has 7 nitrogen and oxygen atoms in total. The van der Waals surface area contributed by atoms with Crippen LogP contribution < -0.4 is 14.8 Å². The normalized spacial score (nSPS) is 21.2. The quantitative estimate of drug-likeness (QED) is 0.448. The Morgan fingerprint density at radius 2 is 1.80 bits per heavy atom. The zero-order valence-corrected chi connectivity index (χ0v) is 16.5. The summed E-state index contributed by atoms with van der Waals surface area (Å²) in [6.07, 6.45) is 4.98. The third kappa shape index (κ3) is 3.54. The number of fused-ring (bicyclic) bond motifs is 3. The van der Waals surface area contributed by atoms with Crippen molar-refractivity contribution in [2.24, 2.45) is 5.92 Å². The van der Waals surface area contributed by atoms with Gasteiger partial charge in [0.2, 0.25) is 0 Å². The number of aromatic carboxylic acids is 1. The Bertz CT molecular complexity index is 1070. The van der Waals surface area contributed by atoms with Gasteiger partial charge in [-0.15, -0.1) is 0 Å². The van der Waals surface area contributed by atoms with Gasteiger partial charge in [0, 0.05) is 31.4 Å². The van der Waals surface area contributed by atoms with Crippen molar-refractivity contribution in [3.8, 4) is 11.5 Å². The van der Waals surface area contributed by atoms with Crippen LogP contribution in [0, 0.1) is 5.92 Å². The zero-order valence-electron chi connectivity index (χ0n) is 16.5. The van der Waals surface area contributed by atoms with Gasteiger partial charge in [0.1, 0.15) is 11.5 Å². The van der Waals surface area contributed by atoms with E-state index < -0.39 is 17.9 Å². The molecule has 7 heteroatoms. The van der Waals surface area contributed by atoms with Crippen LogP contribution in [-0.4, -0.2) is 23.0 Å². The van der Waals surface area contributed by atoms with E-state index >= 15 is 0 Å². The molecule has 0 amide bonds. The number of benzene rings is 2. The minimum absolute atomic E-state index is 0.0453. The Balaban J connectivity index is 1.81. The molecule has 1 aliphatic heterocycles. The minimum atomic E-state index is -1.01. The summed E-state index contributed by atoms with van der Waals surface area (Å²) >= 11 is 0. The molecule has 0 fully saturated rings. The lowest BCUT2D eigenvalue weighted by Gasteiger charge is -2.38. The second-order valence-corrected chi connectivity index (χ2v) is 7.44. The highest BCUT2D eigenvalue weighted by molar-refractivity contribution is 5.95. The van der Waals surface area contributed by atoms with Crippen molar-refractivity contribution in [1.82, 2.24) is 0 Å². The SMILES string of the molecule is CC(=O)Oc1ccc(C2Nc3c(C(=O)O)cccc3C3C=CCC32)c(OC(C)=O)c1. The van der Waals surface area contributed by atoms with Crippen molar-refractivity contribution in [2.45, 2.75) is 32.2 Å². The molecule has 3 unspecified atom stereocenters. The summed E-state index contributed by atoms with van der Waals surface area (Å²) in [6.45, 7) is 2.59. The predicted molar refractivity (Wildman–Crippen MR) is 109 cm³/mol. The molecule has 2 aromatic carbocycles. The van der Waals surface area contributed by atoms with Gasteiger partial charge in [0.05, 0.1) is 17.3 Å². The van der Waals surface area contributed by atoms with Gasteiger partial charge in [-0.25, -0.2) is 4.79 Å². The van der Waals surface area contributed by atoms with E-state index in [1.165, 1.54) is 19.9 Å². The molecule has 0 saturated heterocycles. The van der Waals surface area contributed by atoms with Crippen molar-refractivity contribution in [2.75, 3.05) is 5.32 Å². The van der Waals surface area contributed by atoms with E-state index in [9.17, 15) is 19.5 Å². The number of carboxylic acids is 1. The summed E-state index contributed by atoms with van der Waals surface area (Å²) in [7, 11) is 0. The third-order valence-corrected chi connectivity index (χ3v) is 5.46. The summed E-state index contributed by atoms with van der Waals surface area (Å²) in [5, 5.41) is 13.0. The molecule has 1 heterocycles. The molecule has 3 atom stereocenters. The standard InChI is InChI=1S/C23H21NO6/c1-12(25)29-14-9-10-18(20(11-14)30-13(2)26)21-16-6-3-5-15(16)17-7-4-8-19(23(27)28)22(17)24-21/h3-5,7-11,15-16,21,24H,6H2,1-2H3,(H,27,28). The van der Waals surface area contributed by atoms with Gasteiger partial charge in [-0.2, -0.15) is 0 Å². The molecule has 0 spiro atoms. The molecule has 2 aliphatic rings. The molecule has 0 bridgehead atoms. The predicted octanol–water partition coefficient (Wildman–Crippen LogP) is 4.06. The summed E-state index contributed by atoms with van der Waals surface area (Å²) in [5.74, 6) is -1.28. The Kier molecular flexibility index (Phi) is 5.03. The fourth-order valence-corrected chi connectivity index (χ4v) is 4.35. The first-order valence-corrected chi connectivity index (χ1v) is 9.65. The highest BCUT2D eigenvalue weighted by atomic mass is 16.5. The molecule has 1 aliphatic carbocycles. The first-order valence-electron chi connectivity index (χ1n) is 9.65. The molecule has 0 aromatic heterocycles. The highest BCUT2D eigenvalue weighted by Crippen LogP contribution is 2.52. The first kappa shape index (κ1) is 19.7. The van der Waals surface area contributed by atoms with Crippen molar-refractivity contribution in [3.63, 3.8) is 0 Å². The van der Waals surface area contributed by atoms with E-state index in [-0.39, 0.29) is 34.9 Å². The number of allylic oxidation sites excluding steroid dienone is 2. The van der Waals surface area contributed by atoms with Crippen LogP contribution >= 0.6 is 0 Å². The number of ether oxygens (including phenoxy) is 2. The largest absolute Gasteiger partial charge is 0.478 e. The van der Waals surface area contributed by atoms with E-state index in [4.69, 9.17) is 9.47 Å². The summed E-state index contributed by atoms with van der Waals surface area (Å²) in [5.41, 5.74) is 2.41. The maximum atomic E-state index is 11.8. The Hall–Kier alpha value is -3.61. The van der Waals surface area contributed by atoms with Crippen LogP contribution in [0.3, 0.4) is 0 Å². The molecular weight excluding hydrogens is 386 g/mol. The van der Waals surface area contributed by atoms with Crippen LogP contribution in [0.1, 0.15) is 53.7 Å². The molecule has 4 rings (SSSR count). The van der Waals surface area contributed by atoms with Gasteiger partial charge in [-0.1, -0.05) is 24.3 Å². The van der Waals surface area contributed by atoms with Crippen molar-refractivity contribution in [1.29, 1.82) is 0 Å². The Morgan fingerprint density at radius 1 is 1.03 bits per heavy atom. The number of hydrogen-bond acceptors (Lipinski definition) is 6. The van der Waals surface area contributed by atoms with Crippen LogP contribution in [0.2, 0.25) is 0 Å². The third-order valence-electron chi connectivity index (χ3n) is 5.46. The number of carboxylic acid groups (broad SMARTS) is 1. The van der Waals surface area contributed by atoms with Gasteiger partial charge >= 0.3 is 17.9 Å². The summed E-state index contributed by atoms with van der Waals surface area (Å²) in [4.78, 5) is 34.8. The molecule has 0 radical (unpaired) electrons. The number of esters is 2. The van der Waals surface area contributed by atoms with Gasteiger partial charge in [-0.3, -0.25) is 9.59 Å². The van der Waals surface area contributed by atoms with Crippen molar-refractivity contribution < 1.29 is 29.0 Å². The number of anilines is 1. The number of hydrogen-bond donors (Lipinski definition) is 2. The molecular formula is C23H21NO6. The smallest absolute Gasteiger partial charge is 0.337 e. The highest BCUT2D eigenvalue weighted by Gasteiger charge is 2.40. The molecule has 30 heavy (non-hydrogen) atoms. The average molecular weight is 407 g/mol. The van der Waals surface area contributed by atoms with E-state index in [1.54, 1.807) is 24.3 Å². The second-order valence-electron chi connectivity index (χ2n) is 7.44. The molecule has 2 N–H and O–H groups in total. The maximum Gasteiger partial charge on any atom is 0.337 e. The van der Waals surface area contributed by atoms with E-state index in [0.29, 0.717) is 11.3 Å². The van der Waals surface area contributed by atoms with Crippen LogP contribution in [0.5, 0.6) is 11.5 Å². The van der Waals surface area contributed by atoms with Gasteiger partial charge in [0.25, 0.3) is 0 Å². The summed E-state index contributed by atoms with van der Waals surface area (Å²) in [6, 6.07) is 9.87. The average Bonchev–Trinajstić information content (AvgIpc) is 3.16. The number of carbonyl (C=O) groups is 3. The van der Waals surface area contributed by atoms with Crippen molar-refractivity contribution >= 4 is 23.6 Å². The fraction of sp³-hybridized carbons (Fsp3) is 0.261. The molecule has 154 valence electrons. The molecule has 2 aromatic rings. The minimum Gasteiger partial charge on any atom is -0.478 e. The lowest BCUT2D eigenvalue weighted by molar-refractivity contribution is -0.132. The molecule has 0 saturated carbocycles. The van der Waals surface area contributed by atoms with Gasteiger partial charge < -0.3 is 19.9 Å². The lowest BCUT2D eigenvalue weighted by Crippen LogP contribution is -2.30. The van der Waals surface area contributed by atoms with Crippen LogP contribution in [0.4, 0.5) is 5.69 Å². The number of para-hydroxylation sites is 1. The fourth-order valence-electron chi connectivity index (χ4n) is 4.35. The Morgan fingerprint density at radius 3 is 2.50 bits per heavy atom. The first-order chi connectivity index (χ1) is 14.3.